The summed E-state index contributed by atoms with van der Waals surface area (Å²) in [5, 5.41) is 0. The van der Waals surface area contributed by atoms with Crippen LogP contribution in [0.5, 0.6) is 0 Å². The van der Waals surface area contributed by atoms with E-state index in [2.05, 4.69) is 38.2 Å². The Labute approximate surface area is 295 Å². The van der Waals surface area contributed by atoms with Gasteiger partial charge in [-0.2, -0.15) is 0 Å². The van der Waals surface area contributed by atoms with Gasteiger partial charge in [-0.25, -0.2) is 4.57 Å². The molecule has 0 aromatic rings. The number of carbonyl (C=O) groups is 1. The third-order valence-corrected chi connectivity index (χ3v) is 9.08. The molecule has 0 amide bonds. The molecule has 0 aromatic carbocycles. The predicted octanol–water partition coefficient (Wildman–Crippen LogP) is 11.4. The maximum Gasteiger partial charge on any atom is 0.472 e. The molecule has 2 atom stereocenters. The van der Waals surface area contributed by atoms with Crippen LogP contribution in [0.1, 0.15) is 174 Å². The van der Waals surface area contributed by atoms with Gasteiger partial charge in [0, 0.05) is 13.0 Å². The van der Waals surface area contributed by atoms with E-state index in [-0.39, 0.29) is 32.3 Å². The first kappa shape index (κ1) is 46.6. The van der Waals surface area contributed by atoms with Gasteiger partial charge in [0.05, 0.1) is 19.5 Å². The van der Waals surface area contributed by atoms with Gasteiger partial charge in [-0.15, -0.1) is 0 Å². The van der Waals surface area contributed by atoms with Crippen molar-refractivity contribution in [2.45, 2.75) is 180 Å². The standard InChI is InChI=1S/C39H74NO7P/c1-3-5-7-9-11-13-15-17-18-19-21-23-25-27-29-31-34-44-36-38(37-46-48(42,43)45-35-33-40)47-39(41)32-30-28-26-24-22-20-16-14-12-10-8-6-4-2/h14,16-18,31,34,38H,3-13,15,19-30,32-33,35-37,40H2,1-2H3,(H,42,43). The summed E-state index contributed by atoms with van der Waals surface area (Å²) >= 11 is 0. The lowest BCUT2D eigenvalue weighted by atomic mass is 10.1. The number of ether oxygens (including phenoxy) is 2. The van der Waals surface area contributed by atoms with Crippen LogP contribution in [0.4, 0.5) is 0 Å². The predicted molar refractivity (Wildman–Crippen MR) is 201 cm³/mol. The molecule has 0 heterocycles. The number of unbranched alkanes of at least 4 members (excludes halogenated alkanes) is 20. The van der Waals surface area contributed by atoms with Crippen LogP contribution in [-0.4, -0.2) is 43.3 Å². The Morgan fingerprint density at radius 2 is 1.06 bits per heavy atom. The van der Waals surface area contributed by atoms with Crippen molar-refractivity contribution in [1.82, 2.24) is 0 Å². The van der Waals surface area contributed by atoms with E-state index in [1.807, 2.05) is 6.08 Å². The smallest absolute Gasteiger partial charge is 0.472 e. The SMILES string of the molecule is CCCCCCC=CCCCCCCCC(=O)OC(COC=CCCCCCCC=CCCCCCCCC)COP(=O)(O)OCCN. The van der Waals surface area contributed by atoms with Crippen molar-refractivity contribution in [2.24, 2.45) is 5.73 Å². The number of phosphoric acid groups is 1. The average Bonchev–Trinajstić information content (AvgIpc) is 3.07. The number of allylic oxidation sites excluding steroid dienone is 5. The van der Waals surface area contributed by atoms with Crippen molar-refractivity contribution in [3.63, 3.8) is 0 Å². The van der Waals surface area contributed by atoms with Gasteiger partial charge in [0.15, 0.2) is 6.10 Å². The summed E-state index contributed by atoms with van der Waals surface area (Å²) in [5.74, 6) is -0.366. The van der Waals surface area contributed by atoms with Crippen molar-refractivity contribution < 1.29 is 32.8 Å². The van der Waals surface area contributed by atoms with Crippen LogP contribution in [0.3, 0.4) is 0 Å². The van der Waals surface area contributed by atoms with E-state index in [1.165, 1.54) is 103 Å². The quantitative estimate of drug-likeness (QED) is 0.0216. The summed E-state index contributed by atoms with van der Waals surface area (Å²) in [6.07, 6.45) is 41.0. The molecular weight excluding hydrogens is 625 g/mol. The fourth-order valence-electron chi connectivity index (χ4n) is 5.19. The lowest BCUT2D eigenvalue weighted by molar-refractivity contribution is -0.153. The lowest BCUT2D eigenvalue weighted by Crippen LogP contribution is -2.27. The molecule has 3 N–H and O–H groups in total. The molecule has 0 bridgehead atoms. The minimum atomic E-state index is -4.29. The number of esters is 1. The first-order valence-corrected chi connectivity index (χ1v) is 21.0. The average molecular weight is 700 g/mol. The molecule has 8 nitrogen and oxygen atoms in total. The highest BCUT2D eigenvalue weighted by Crippen LogP contribution is 2.43. The topological polar surface area (TPSA) is 117 Å². The van der Waals surface area contributed by atoms with Crippen LogP contribution in [-0.2, 0) is 27.9 Å². The summed E-state index contributed by atoms with van der Waals surface area (Å²) in [4.78, 5) is 22.3. The molecule has 0 aromatic heterocycles. The molecule has 48 heavy (non-hydrogen) atoms. The van der Waals surface area contributed by atoms with E-state index in [1.54, 1.807) is 6.26 Å². The Balaban J connectivity index is 4.16. The van der Waals surface area contributed by atoms with E-state index < -0.39 is 13.9 Å². The summed E-state index contributed by atoms with van der Waals surface area (Å²) in [5.41, 5.74) is 5.35. The summed E-state index contributed by atoms with van der Waals surface area (Å²) in [7, 11) is -4.29. The molecule has 2 unspecified atom stereocenters. The Hall–Kier alpha value is -1.44. The van der Waals surface area contributed by atoms with Gasteiger partial charge in [0.1, 0.15) is 6.61 Å². The Morgan fingerprint density at radius 1 is 0.625 bits per heavy atom. The molecule has 0 aliphatic heterocycles. The molecule has 282 valence electrons. The fourth-order valence-corrected chi connectivity index (χ4v) is 5.95. The van der Waals surface area contributed by atoms with Crippen LogP contribution >= 0.6 is 7.82 Å². The van der Waals surface area contributed by atoms with E-state index in [0.29, 0.717) is 6.42 Å². The molecule has 0 spiro atoms. The highest BCUT2D eigenvalue weighted by molar-refractivity contribution is 7.47. The lowest BCUT2D eigenvalue weighted by Gasteiger charge is -2.19. The maximum atomic E-state index is 12.5. The molecule has 0 saturated carbocycles. The van der Waals surface area contributed by atoms with Gasteiger partial charge in [0.2, 0.25) is 0 Å². The van der Waals surface area contributed by atoms with Crippen LogP contribution in [0.2, 0.25) is 0 Å². The number of nitrogens with two attached hydrogens (primary N) is 1. The van der Waals surface area contributed by atoms with Crippen LogP contribution in [0.25, 0.3) is 0 Å². The Morgan fingerprint density at radius 3 is 1.56 bits per heavy atom. The molecule has 0 radical (unpaired) electrons. The van der Waals surface area contributed by atoms with Crippen LogP contribution < -0.4 is 5.73 Å². The largest absolute Gasteiger partial charge is 0.498 e. The molecule has 0 fully saturated rings. The van der Waals surface area contributed by atoms with Crippen LogP contribution in [0, 0.1) is 0 Å². The van der Waals surface area contributed by atoms with Gasteiger partial charge in [-0.05, 0) is 76.7 Å². The molecule has 0 aliphatic rings. The zero-order valence-corrected chi connectivity index (χ0v) is 31.9. The van der Waals surface area contributed by atoms with Crippen molar-refractivity contribution >= 4 is 13.8 Å². The van der Waals surface area contributed by atoms with Crippen molar-refractivity contribution in [3.05, 3.63) is 36.6 Å². The number of carbonyl (C=O) groups excluding carboxylic acids is 1. The third-order valence-electron chi connectivity index (χ3n) is 8.09. The second-order valence-corrected chi connectivity index (χ2v) is 14.3. The summed E-state index contributed by atoms with van der Waals surface area (Å²) in [6, 6.07) is 0. The first-order chi connectivity index (χ1) is 23.4. The normalized spacial score (nSPS) is 13.9. The Kier molecular flexibility index (Phi) is 35.7. The van der Waals surface area contributed by atoms with Crippen molar-refractivity contribution in [1.29, 1.82) is 0 Å². The molecule has 0 rings (SSSR count). The van der Waals surface area contributed by atoms with Crippen molar-refractivity contribution in [2.75, 3.05) is 26.4 Å². The molecule has 0 saturated heterocycles. The van der Waals surface area contributed by atoms with E-state index in [9.17, 15) is 14.3 Å². The molecular formula is C39H74NO7P. The summed E-state index contributed by atoms with van der Waals surface area (Å²) < 4.78 is 33.0. The highest BCUT2D eigenvalue weighted by atomic mass is 31.2. The number of hydrogen-bond donors (Lipinski definition) is 2. The molecule has 0 aliphatic carbocycles. The van der Waals surface area contributed by atoms with Gasteiger partial charge < -0.3 is 20.1 Å². The van der Waals surface area contributed by atoms with Crippen LogP contribution in [0.15, 0.2) is 36.6 Å². The van der Waals surface area contributed by atoms with Gasteiger partial charge >= 0.3 is 13.8 Å². The van der Waals surface area contributed by atoms with E-state index >= 15 is 0 Å². The maximum absolute atomic E-state index is 12.5. The fraction of sp³-hybridized carbons (Fsp3) is 0.821. The second-order valence-electron chi connectivity index (χ2n) is 12.8. The van der Waals surface area contributed by atoms with Gasteiger partial charge in [0.25, 0.3) is 0 Å². The first-order valence-electron chi connectivity index (χ1n) is 19.5. The van der Waals surface area contributed by atoms with E-state index in [0.717, 1.165) is 51.4 Å². The second kappa shape index (κ2) is 36.8. The summed E-state index contributed by atoms with van der Waals surface area (Å²) in [6.45, 7) is 4.19. The highest BCUT2D eigenvalue weighted by Gasteiger charge is 2.25. The van der Waals surface area contributed by atoms with Gasteiger partial charge in [-0.1, -0.05) is 122 Å². The number of rotatable bonds is 37. The zero-order chi connectivity index (χ0) is 35.2. The molecule has 9 heteroatoms. The zero-order valence-electron chi connectivity index (χ0n) is 31.0. The number of phosphoric ester groups is 1. The monoisotopic (exact) mass is 700 g/mol. The minimum absolute atomic E-state index is 0.0241. The minimum Gasteiger partial charge on any atom is -0.498 e. The van der Waals surface area contributed by atoms with Gasteiger partial charge in [-0.3, -0.25) is 13.8 Å². The van der Waals surface area contributed by atoms with Crippen molar-refractivity contribution in [3.8, 4) is 0 Å². The third kappa shape index (κ3) is 35.9. The van der Waals surface area contributed by atoms with E-state index in [4.69, 9.17) is 24.3 Å². The number of hydrogen-bond acceptors (Lipinski definition) is 7. The Bertz CT molecular complexity index is 833.